The Labute approximate surface area is 232 Å². The van der Waals surface area contributed by atoms with Crippen LogP contribution in [0.4, 0.5) is 47.6 Å². The first-order valence-electron chi connectivity index (χ1n) is 13.3. The number of nitrogens with one attached hydrogen (secondary N) is 4. The zero-order valence-electron chi connectivity index (χ0n) is 22.5. The molecule has 0 aromatic carbocycles. The van der Waals surface area contributed by atoms with Crippen molar-refractivity contribution in [1.29, 1.82) is 0 Å². The summed E-state index contributed by atoms with van der Waals surface area (Å²) in [5.41, 5.74) is 22.8. The zero-order chi connectivity index (χ0) is 28.6. The van der Waals surface area contributed by atoms with Gasteiger partial charge in [0.05, 0.1) is 0 Å². The summed E-state index contributed by atoms with van der Waals surface area (Å²) in [7, 11) is 0. The summed E-state index contributed by atoms with van der Waals surface area (Å²) >= 11 is 0. The molecule has 3 heterocycles. The van der Waals surface area contributed by atoms with Gasteiger partial charge >= 0.3 is 0 Å². The van der Waals surface area contributed by atoms with Crippen molar-refractivity contribution in [3.05, 3.63) is 5.82 Å². The highest BCUT2D eigenvalue weighted by Gasteiger charge is 2.06. The molecule has 0 atom stereocenters. The van der Waals surface area contributed by atoms with E-state index in [0.29, 0.717) is 68.6 Å². The highest BCUT2D eigenvalue weighted by Crippen LogP contribution is 2.10. The standard InChI is InChI=1S/C22H39N17O/c23-15-31-14(32-19(34-15)27-10-4-5-11-28-20-35-16(24)33-17(25)36-20)8-2-1-3-9-29-21-37-18(26)38-22(39-21)30-12-6-7-13-40/h40H,1-13H2,(H3,23,27,31,32,34)(H5,24,25,28,33,35,36)(H4,26,29,30,37,38,39). The van der Waals surface area contributed by atoms with Gasteiger partial charge in [-0.2, -0.15) is 44.9 Å². The van der Waals surface area contributed by atoms with E-state index in [2.05, 4.69) is 66.1 Å². The van der Waals surface area contributed by atoms with E-state index in [1.807, 2.05) is 0 Å². The van der Waals surface area contributed by atoms with Crippen molar-refractivity contribution in [2.75, 3.05) is 77.0 Å². The number of nitrogen functional groups attached to an aromatic ring is 4. The van der Waals surface area contributed by atoms with Crippen molar-refractivity contribution in [1.82, 2.24) is 44.9 Å². The van der Waals surface area contributed by atoms with Crippen molar-refractivity contribution in [3.8, 4) is 0 Å². The van der Waals surface area contributed by atoms with Crippen LogP contribution in [0.15, 0.2) is 0 Å². The number of anilines is 8. The van der Waals surface area contributed by atoms with Crippen LogP contribution in [-0.4, -0.2) is 82.7 Å². The number of aliphatic hydroxyl groups excluding tert-OH is 1. The Morgan fingerprint density at radius 3 is 1.35 bits per heavy atom. The summed E-state index contributed by atoms with van der Waals surface area (Å²) in [5.74, 6) is 2.80. The number of aryl methyl sites for hydroxylation is 1. The van der Waals surface area contributed by atoms with Crippen molar-refractivity contribution in [2.24, 2.45) is 0 Å². The monoisotopic (exact) mass is 557 g/mol. The third-order valence-corrected chi connectivity index (χ3v) is 5.42. The van der Waals surface area contributed by atoms with Crippen molar-refractivity contribution in [3.63, 3.8) is 0 Å². The topological polar surface area (TPSA) is 288 Å². The van der Waals surface area contributed by atoms with Crippen molar-refractivity contribution < 1.29 is 5.11 Å². The molecule has 0 fully saturated rings. The second-order valence-corrected chi connectivity index (χ2v) is 8.81. The first-order chi connectivity index (χ1) is 19.4. The van der Waals surface area contributed by atoms with Crippen LogP contribution in [-0.2, 0) is 6.42 Å². The molecule has 0 bridgehead atoms. The first-order valence-corrected chi connectivity index (χ1v) is 13.3. The molecule has 3 rings (SSSR count). The number of unbranched alkanes of at least 4 members (excludes halogenated alkanes) is 4. The fraction of sp³-hybridized carbons (Fsp3) is 0.591. The maximum absolute atomic E-state index is 8.87. The van der Waals surface area contributed by atoms with E-state index in [-0.39, 0.29) is 30.4 Å². The molecule has 0 aliphatic heterocycles. The Balaban J connectivity index is 1.30. The minimum atomic E-state index is 0.0791. The minimum Gasteiger partial charge on any atom is -0.396 e. The van der Waals surface area contributed by atoms with Crippen molar-refractivity contribution >= 4 is 47.6 Å². The molecular formula is C22H39N17O. The van der Waals surface area contributed by atoms with Crippen LogP contribution in [0.5, 0.6) is 0 Å². The number of rotatable bonds is 19. The van der Waals surface area contributed by atoms with E-state index >= 15 is 0 Å². The zero-order valence-corrected chi connectivity index (χ0v) is 22.5. The highest BCUT2D eigenvalue weighted by atomic mass is 16.2. The molecule has 0 saturated heterocycles. The highest BCUT2D eigenvalue weighted by molar-refractivity contribution is 5.40. The van der Waals surface area contributed by atoms with E-state index in [1.54, 1.807) is 0 Å². The largest absolute Gasteiger partial charge is 0.396 e. The van der Waals surface area contributed by atoms with Crippen LogP contribution in [0.2, 0.25) is 0 Å². The first kappa shape index (κ1) is 29.9. The molecule has 0 radical (unpaired) electrons. The Kier molecular flexibility index (Phi) is 12.3. The molecule has 0 unspecified atom stereocenters. The summed E-state index contributed by atoms with van der Waals surface area (Å²) in [6.45, 7) is 2.80. The van der Waals surface area contributed by atoms with Crippen LogP contribution in [0.1, 0.15) is 50.8 Å². The lowest BCUT2D eigenvalue weighted by atomic mass is 10.2. The smallest absolute Gasteiger partial charge is 0.229 e. The molecule has 0 saturated carbocycles. The molecule has 18 nitrogen and oxygen atoms in total. The van der Waals surface area contributed by atoms with Gasteiger partial charge in [0.1, 0.15) is 5.82 Å². The van der Waals surface area contributed by atoms with Crippen LogP contribution >= 0.6 is 0 Å². The quantitative estimate of drug-likeness (QED) is 0.0867. The van der Waals surface area contributed by atoms with Gasteiger partial charge in [-0.05, 0) is 38.5 Å². The second-order valence-electron chi connectivity index (χ2n) is 8.81. The molecule has 0 amide bonds. The fourth-order valence-corrected chi connectivity index (χ4v) is 3.54. The van der Waals surface area contributed by atoms with Gasteiger partial charge in [0.15, 0.2) is 0 Å². The summed E-state index contributed by atoms with van der Waals surface area (Å²) in [5, 5.41) is 21.4. The fourth-order valence-electron chi connectivity index (χ4n) is 3.54. The third kappa shape index (κ3) is 11.4. The van der Waals surface area contributed by atoms with Crippen LogP contribution < -0.4 is 44.2 Å². The number of aliphatic hydroxyl groups is 1. The minimum absolute atomic E-state index is 0.0791. The lowest BCUT2D eigenvalue weighted by Gasteiger charge is -2.09. The normalized spacial score (nSPS) is 10.8. The maximum atomic E-state index is 8.87. The lowest BCUT2D eigenvalue weighted by molar-refractivity contribution is 0.286. The van der Waals surface area contributed by atoms with Crippen molar-refractivity contribution in [2.45, 2.75) is 51.4 Å². The van der Waals surface area contributed by atoms with Gasteiger partial charge in [0, 0.05) is 39.2 Å². The van der Waals surface area contributed by atoms with Gasteiger partial charge in [-0.3, -0.25) is 0 Å². The summed E-state index contributed by atoms with van der Waals surface area (Å²) in [4.78, 5) is 37.1. The Bertz CT molecular complexity index is 1160. The average molecular weight is 558 g/mol. The molecule has 0 spiro atoms. The molecule has 0 aliphatic rings. The predicted octanol–water partition coefficient (Wildman–Crippen LogP) is -0.116. The third-order valence-electron chi connectivity index (χ3n) is 5.42. The Hall–Kier alpha value is -4.61. The lowest BCUT2D eigenvalue weighted by Crippen LogP contribution is -2.13. The van der Waals surface area contributed by atoms with E-state index in [1.165, 1.54) is 0 Å². The molecule has 40 heavy (non-hydrogen) atoms. The maximum Gasteiger partial charge on any atom is 0.229 e. The molecule has 18 heteroatoms. The number of aromatic nitrogens is 9. The van der Waals surface area contributed by atoms with Gasteiger partial charge in [0.25, 0.3) is 0 Å². The average Bonchev–Trinajstić information content (AvgIpc) is 2.89. The molecule has 0 aliphatic carbocycles. The molecular weight excluding hydrogens is 518 g/mol. The van der Waals surface area contributed by atoms with Crippen LogP contribution in [0, 0.1) is 0 Å². The van der Waals surface area contributed by atoms with Gasteiger partial charge < -0.3 is 49.3 Å². The van der Waals surface area contributed by atoms with E-state index in [0.717, 1.165) is 38.5 Å². The Morgan fingerprint density at radius 1 is 0.425 bits per heavy atom. The molecule has 218 valence electrons. The van der Waals surface area contributed by atoms with Gasteiger partial charge in [-0.15, -0.1) is 0 Å². The Morgan fingerprint density at radius 2 is 0.825 bits per heavy atom. The van der Waals surface area contributed by atoms with E-state index in [4.69, 9.17) is 28.0 Å². The van der Waals surface area contributed by atoms with Gasteiger partial charge in [0.2, 0.25) is 47.6 Å². The van der Waals surface area contributed by atoms with Gasteiger partial charge in [-0.25, -0.2) is 0 Å². The summed E-state index contributed by atoms with van der Waals surface area (Å²) in [6.07, 6.45) is 6.63. The van der Waals surface area contributed by atoms with Crippen LogP contribution in [0.25, 0.3) is 0 Å². The molecule has 13 N–H and O–H groups in total. The van der Waals surface area contributed by atoms with Crippen LogP contribution in [0.3, 0.4) is 0 Å². The number of hydrogen-bond acceptors (Lipinski definition) is 18. The number of hydrogen-bond donors (Lipinski definition) is 9. The number of nitrogens with two attached hydrogens (primary N) is 4. The second kappa shape index (κ2) is 16.4. The summed E-state index contributed by atoms with van der Waals surface area (Å²) in [6, 6.07) is 0. The molecule has 3 aromatic heterocycles. The SMILES string of the molecule is Nc1nc(N)nc(NCCCCNc2nc(N)nc(CCCCCNc3nc(N)nc(NCCCCO)n3)n2)n1. The van der Waals surface area contributed by atoms with E-state index < -0.39 is 0 Å². The predicted molar refractivity (Wildman–Crippen MR) is 154 cm³/mol. The summed E-state index contributed by atoms with van der Waals surface area (Å²) < 4.78 is 0. The number of nitrogens with zero attached hydrogens (tertiary/aromatic N) is 9. The van der Waals surface area contributed by atoms with E-state index in [9.17, 15) is 0 Å². The van der Waals surface area contributed by atoms with Gasteiger partial charge in [-0.1, -0.05) is 6.42 Å². The molecule has 3 aromatic rings.